The van der Waals surface area contributed by atoms with E-state index in [4.69, 9.17) is 0 Å². The molecule has 1 saturated carbocycles. The van der Waals surface area contributed by atoms with Crippen molar-refractivity contribution >= 4 is 11.9 Å². The maximum atomic E-state index is 12.9. The van der Waals surface area contributed by atoms with Crippen LogP contribution in [0, 0.1) is 25.2 Å². The van der Waals surface area contributed by atoms with Crippen LogP contribution >= 0.6 is 0 Å². The molecular formula is C20H23N3O3. The summed E-state index contributed by atoms with van der Waals surface area (Å²) in [6.45, 7) is 4.92. The molecule has 1 aromatic heterocycles. The fourth-order valence-corrected chi connectivity index (χ4v) is 4.44. The van der Waals surface area contributed by atoms with Crippen LogP contribution in [0.1, 0.15) is 40.9 Å². The highest BCUT2D eigenvalue weighted by Crippen LogP contribution is 2.49. The minimum atomic E-state index is -0.768. The van der Waals surface area contributed by atoms with Crippen LogP contribution in [0.4, 0.5) is 0 Å². The number of nitrogens with zero attached hydrogens (tertiary/aromatic N) is 2. The first-order valence-electron chi connectivity index (χ1n) is 9.06. The number of aryl methyl sites for hydroxylation is 2. The molecule has 2 N–H and O–H groups in total. The Morgan fingerprint density at radius 2 is 2.08 bits per heavy atom. The number of benzene rings is 1. The van der Waals surface area contributed by atoms with Crippen LogP contribution in [0.3, 0.4) is 0 Å². The van der Waals surface area contributed by atoms with Crippen molar-refractivity contribution in [3.8, 4) is 11.3 Å². The average Bonchev–Trinajstić information content (AvgIpc) is 3.30. The van der Waals surface area contributed by atoms with Crippen LogP contribution in [0.5, 0.6) is 0 Å². The Balaban J connectivity index is 1.56. The molecule has 1 amide bonds. The summed E-state index contributed by atoms with van der Waals surface area (Å²) in [6.07, 6.45) is 2.47. The van der Waals surface area contributed by atoms with Gasteiger partial charge in [0.15, 0.2) is 0 Å². The zero-order valence-electron chi connectivity index (χ0n) is 15.1. The Morgan fingerprint density at radius 1 is 1.27 bits per heavy atom. The third-order valence-corrected chi connectivity index (χ3v) is 6.19. The molecule has 136 valence electrons. The van der Waals surface area contributed by atoms with E-state index < -0.39 is 11.4 Å². The number of carboxylic acid groups (broad SMARTS) is 1. The number of nitrogens with one attached hydrogen (secondary N) is 1. The van der Waals surface area contributed by atoms with Crippen LogP contribution in [-0.2, 0) is 4.79 Å². The van der Waals surface area contributed by atoms with Gasteiger partial charge in [0, 0.05) is 18.7 Å². The Labute approximate surface area is 152 Å². The first-order valence-corrected chi connectivity index (χ1v) is 9.06. The molecule has 26 heavy (non-hydrogen) atoms. The van der Waals surface area contributed by atoms with Gasteiger partial charge < -0.3 is 10.0 Å². The molecule has 2 heterocycles. The second-order valence-electron chi connectivity index (χ2n) is 7.70. The minimum Gasteiger partial charge on any atom is -0.481 e. The van der Waals surface area contributed by atoms with Crippen molar-refractivity contribution in [3.63, 3.8) is 0 Å². The van der Waals surface area contributed by atoms with Crippen molar-refractivity contribution < 1.29 is 14.7 Å². The number of hydrogen-bond donors (Lipinski definition) is 2. The quantitative estimate of drug-likeness (QED) is 0.888. The normalized spacial score (nSPS) is 24.7. The molecule has 0 unspecified atom stereocenters. The topological polar surface area (TPSA) is 86.3 Å². The van der Waals surface area contributed by atoms with Gasteiger partial charge in [-0.05, 0) is 55.9 Å². The van der Waals surface area contributed by atoms with E-state index in [9.17, 15) is 14.7 Å². The number of carbonyl (C=O) groups is 2. The van der Waals surface area contributed by atoms with Crippen LogP contribution in [0.15, 0.2) is 24.3 Å². The van der Waals surface area contributed by atoms with Crippen LogP contribution in [0.25, 0.3) is 11.3 Å². The molecule has 2 fully saturated rings. The molecule has 6 heteroatoms. The molecule has 0 radical (unpaired) electrons. The molecule has 2 atom stereocenters. The number of rotatable bonds is 3. The van der Waals surface area contributed by atoms with Crippen LogP contribution < -0.4 is 0 Å². The average molecular weight is 353 g/mol. The highest BCUT2D eigenvalue weighted by molar-refractivity contribution is 5.94. The summed E-state index contributed by atoms with van der Waals surface area (Å²) in [6, 6.07) is 7.85. The SMILES string of the molecule is Cc1ccc(-c2cc(C(=O)N3C[C@@H]4CCC[C@@]4(C(=O)O)C3)[nH]n2)cc1C. The third kappa shape index (κ3) is 2.52. The summed E-state index contributed by atoms with van der Waals surface area (Å²) >= 11 is 0. The molecule has 1 aliphatic carbocycles. The Hall–Kier alpha value is -2.63. The summed E-state index contributed by atoms with van der Waals surface area (Å²) < 4.78 is 0. The van der Waals surface area contributed by atoms with E-state index in [0.717, 1.165) is 24.1 Å². The van der Waals surface area contributed by atoms with Crippen molar-refractivity contribution in [2.45, 2.75) is 33.1 Å². The number of carboxylic acids is 1. The van der Waals surface area contributed by atoms with Gasteiger partial charge in [0.2, 0.25) is 0 Å². The summed E-state index contributed by atoms with van der Waals surface area (Å²) in [7, 11) is 0. The molecule has 2 aliphatic rings. The number of hydrogen-bond acceptors (Lipinski definition) is 3. The van der Waals surface area contributed by atoms with Gasteiger partial charge in [0.05, 0.1) is 11.1 Å². The largest absolute Gasteiger partial charge is 0.481 e. The number of amides is 1. The van der Waals surface area contributed by atoms with Crippen molar-refractivity contribution in [1.29, 1.82) is 0 Å². The van der Waals surface area contributed by atoms with Gasteiger partial charge in [-0.15, -0.1) is 0 Å². The lowest BCUT2D eigenvalue weighted by Crippen LogP contribution is -2.37. The van der Waals surface area contributed by atoms with Gasteiger partial charge in [-0.1, -0.05) is 18.6 Å². The zero-order valence-corrected chi connectivity index (χ0v) is 15.1. The third-order valence-electron chi connectivity index (χ3n) is 6.19. The van der Waals surface area contributed by atoms with Gasteiger partial charge in [-0.25, -0.2) is 0 Å². The van der Waals surface area contributed by atoms with Gasteiger partial charge >= 0.3 is 5.97 Å². The number of carbonyl (C=O) groups excluding carboxylic acids is 1. The second-order valence-corrected chi connectivity index (χ2v) is 7.70. The number of likely N-dealkylation sites (tertiary alicyclic amines) is 1. The van der Waals surface area contributed by atoms with E-state index in [-0.39, 0.29) is 11.8 Å². The number of aromatic amines is 1. The molecule has 2 aromatic rings. The Morgan fingerprint density at radius 3 is 2.77 bits per heavy atom. The van der Waals surface area contributed by atoms with Gasteiger partial charge in [0.25, 0.3) is 5.91 Å². The molecule has 0 spiro atoms. The predicted molar refractivity (Wildman–Crippen MR) is 96.8 cm³/mol. The van der Waals surface area contributed by atoms with Crippen molar-refractivity contribution in [3.05, 3.63) is 41.1 Å². The lowest BCUT2D eigenvalue weighted by molar-refractivity contribution is -0.149. The maximum Gasteiger partial charge on any atom is 0.311 e. The van der Waals surface area contributed by atoms with E-state index in [2.05, 4.69) is 23.2 Å². The summed E-state index contributed by atoms with van der Waals surface area (Å²) in [4.78, 5) is 26.3. The van der Waals surface area contributed by atoms with E-state index in [1.807, 2.05) is 19.1 Å². The fourth-order valence-electron chi connectivity index (χ4n) is 4.44. The summed E-state index contributed by atoms with van der Waals surface area (Å²) in [5.41, 5.74) is 3.73. The van der Waals surface area contributed by atoms with Gasteiger partial charge in [0.1, 0.15) is 5.69 Å². The molecule has 0 bridgehead atoms. The van der Waals surface area contributed by atoms with Gasteiger partial charge in [-0.3, -0.25) is 14.7 Å². The predicted octanol–water partition coefficient (Wildman–Crippen LogP) is 3.02. The van der Waals surface area contributed by atoms with E-state index in [1.54, 1.807) is 11.0 Å². The Bertz CT molecular complexity index is 888. The smallest absolute Gasteiger partial charge is 0.311 e. The fraction of sp³-hybridized carbons (Fsp3) is 0.450. The minimum absolute atomic E-state index is 0.0612. The lowest BCUT2D eigenvalue weighted by Gasteiger charge is -2.23. The molecule has 1 saturated heterocycles. The highest BCUT2D eigenvalue weighted by atomic mass is 16.4. The van der Waals surface area contributed by atoms with Crippen molar-refractivity contribution in [2.24, 2.45) is 11.3 Å². The first kappa shape index (κ1) is 16.8. The zero-order chi connectivity index (χ0) is 18.5. The number of H-pyrrole nitrogens is 1. The first-order chi connectivity index (χ1) is 12.4. The maximum absolute atomic E-state index is 12.9. The molecule has 1 aromatic carbocycles. The highest BCUT2D eigenvalue weighted by Gasteiger charge is 2.55. The standard InChI is InChI=1S/C20H23N3O3/c1-12-5-6-14(8-13(12)2)16-9-17(22-21-16)18(24)23-10-15-4-3-7-20(15,11-23)19(25)26/h5-6,8-9,15H,3-4,7,10-11H2,1-2H3,(H,21,22)(H,25,26)/t15-,20+/m0/s1. The number of aliphatic carboxylic acids is 1. The Kier molecular flexibility index (Phi) is 3.86. The molecule has 6 nitrogen and oxygen atoms in total. The molecular weight excluding hydrogens is 330 g/mol. The van der Waals surface area contributed by atoms with Crippen molar-refractivity contribution in [2.75, 3.05) is 13.1 Å². The molecule has 1 aliphatic heterocycles. The number of fused-ring (bicyclic) bond motifs is 1. The molecule has 4 rings (SSSR count). The summed E-state index contributed by atoms with van der Waals surface area (Å²) in [5, 5.41) is 16.8. The van der Waals surface area contributed by atoms with Crippen molar-refractivity contribution in [1.82, 2.24) is 15.1 Å². The number of aromatic nitrogens is 2. The lowest BCUT2D eigenvalue weighted by atomic mass is 9.81. The van der Waals surface area contributed by atoms with E-state index in [1.165, 1.54) is 11.1 Å². The van der Waals surface area contributed by atoms with E-state index in [0.29, 0.717) is 25.2 Å². The van der Waals surface area contributed by atoms with Gasteiger partial charge in [-0.2, -0.15) is 5.10 Å². The van der Waals surface area contributed by atoms with E-state index >= 15 is 0 Å². The van der Waals surface area contributed by atoms with Crippen LogP contribution in [-0.4, -0.2) is 45.2 Å². The van der Waals surface area contributed by atoms with Crippen LogP contribution in [0.2, 0.25) is 0 Å². The summed E-state index contributed by atoms with van der Waals surface area (Å²) in [5.74, 6) is -0.871. The monoisotopic (exact) mass is 353 g/mol. The second kappa shape index (κ2) is 5.97.